The Morgan fingerprint density at radius 3 is 2.76 bits per heavy atom. The number of nitrogens with zero attached hydrogens (tertiary/aromatic N) is 3. The van der Waals surface area contributed by atoms with Crippen LogP contribution in [0, 0.1) is 0 Å². The van der Waals surface area contributed by atoms with E-state index >= 15 is 0 Å². The van der Waals surface area contributed by atoms with E-state index in [2.05, 4.69) is 50.0 Å². The minimum absolute atomic E-state index is 0.348. The van der Waals surface area contributed by atoms with E-state index in [1.165, 1.54) is 0 Å². The second-order valence-corrected chi connectivity index (χ2v) is 4.75. The van der Waals surface area contributed by atoms with Gasteiger partial charge in [-0.25, -0.2) is 4.98 Å². The number of rotatable bonds is 6. The van der Waals surface area contributed by atoms with Gasteiger partial charge in [0, 0.05) is 32.9 Å². The van der Waals surface area contributed by atoms with Gasteiger partial charge in [-0.1, -0.05) is 0 Å². The second kappa shape index (κ2) is 6.76. The Balaban J connectivity index is 2.99. The van der Waals surface area contributed by atoms with Crippen molar-refractivity contribution >= 4 is 27.7 Å². The minimum atomic E-state index is 0.348. The van der Waals surface area contributed by atoms with E-state index in [1.807, 2.05) is 7.05 Å². The van der Waals surface area contributed by atoms with E-state index in [0.717, 1.165) is 16.8 Å². The molecule has 0 amide bonds. The number of hydrogen-bond acceptors (Lipinski definition) is 5. The van der Waals surface area contributed by atoms with Gasteiger partial charge in [0.2, 0.25) is 5.95 Å². The summed E-state index contributed by atoms with van der Waals surface area (Å²) >= 11 is 3.49. The monoisotopic (exact) mass is 302 g/mol. The minimum Gasteiger partial charge on any atom is -0.383 e. The maximum atomic E-state index is 5.12. The molecule has 1 rings (SSSR count). The van der Waals surface area contributed by atoms with Crippen molar-refractivity contribution in [2.45, 2.75) is 19.9 Å². The first-order chi connectivity index (χ1) is 8.10. The van der Waals surface area contributed by atoms with Gasteiger partial charge in [0.25, 0.3) is 0 Å². The van der Waals surface area contributed by atoms with Crippen LogP contribution in [0.3, 0.4) is 0 Å². The number of anilines is 2. The van der Waals surface area contributed by atoms with Gasteiger partial charge in [-0.15, -0.1) is 0 Å². The van der Waals surface area contributed by atoms with Crippen LogP contribution in [0.2, 0.25) is 0 Å². The van der Waals surface area contributed by atoms with E-state index in [1.54, 1.807) is 13.3 Å². The highest BCUT2D eigenvalue weighted by molar-refractivity contribution is 9.10. The topological polar surface area (TPSA) is 50.3 Å². The third-order valence-corrected chi connectivity index (χ3v) is 2.94. The fraction of sp³-hybridized carbons (Fsp3) is 0.636. The highest BCUT2D eigenvalue weighted by Gasteiger charge is 2.16. The SMILES string of the molecule is CNc1ncc(Br)c(N(CCOC)C(C)C)n1. The van der Waals surface area contributed by atoms with Gasteiger partial charge in [-0.3, -0.25) is 0 Å². The zero-order valence-corrected chi connectivity index (χ0v) is 12.3. The fourth-order valence-electron chi connectivity index (χ4n) is 1.48. The summed E-state index contributed by atoms with van der Waals surface area (Å²) in [5.41, 5.74) is 0. The zero-order valence-electron chi connectivity index (χ0n) is 10.7. The van der Waals surface area contributed by atoms with Gasteiger partial charge in [0.1, 0.15) is 5.82 Å². The summed E-state index contributed by atoms with van der Waals surface area (Å²) in [6.07, 6.45) is 1.76. The Morgan fingerprint density at radius 1 is 1.53 bits per heavy atom. The number of hydrogen-bond donors (Lipinski definition) is 1. The molecular formula is C11H19BrN4O. The molecule has 17 heavy (non-hydrogen) atoms. The Hall–Kier alpha value is -0.880. The summed E-state index contributed by atoms with van der Waals surface area (Å²) in [4.78, 5) is 10.8. The Labute approximate surface area is 111 Å². The molecule has 1 heterocycles. The number of nitrogens with one attached hydrogen (secondary N) is 1. The van der Waals surface area contributed by atoms with E-state index in [4.69, 9.17) is 4.74 Å². The van der Waals surface area contributed by atoms with E-state index < -0.39 is 0 Å². The van der Waals surface area contributed by atoms with Crippen molar-refractivity contribution in [1.82, 2.24) is 9.97 Å². The standard InChI is InChI=1S/C11H19BrN4O/c1-8(2)16(5-6-17-4)10-9(12)7-14-11(13-3)15-10/h7-8H,5-6H2,1-4H3,(H,13,14,15). The molecule has 0 aliphatic heterocycles. The van der Waals surface area contributed by atoms with E-state index in [-0.39, 0.29) is 0 Å². The molecule has 0 aliphatic rings. The van der Waals surface area contributed by atoms with Crippen LogP contribution in [0.1, 0.15) is 13.8 Å². The molecule has 0 saturated heterocycles. The van der Waals surface area contributed by atoms with Gasteiger partial charge in [-0.2, -0.15) is 4.98 Å². The first-order valence-electron chi connectivity index (χ1n) is 5.56. The molecule has 0 unspecified atom stereocenters. The highest BCUT2D eigenvalue weighted by atomic mass is 79.9. The smallest absolute Gasteiger partial charge is 0.224 e. The van der Waals surface area contributed by atoms with Crippen LogP contribution in [0.15, 0.2) is 10.7 Å². The van der Waals surface area contributed by atoms with Gasteiger partial charge in [-0.05, 0) is 29.8 Å². The third-order valence-electron chi connectivity index (χ3n) is 2.38. The second-order valence-electron chi connectivity index (χ2n) is 3.90. The summed E-state index contributed by atoms with van der Waals surface area (Å²) in [5, 5.41) is 2.94. The van der Waals surface area contributed by atoms with Crippen LogP contribution in [0.5, 0.6) is 0 Å². The molecule has 0 saturated carbocycles. The summed E-state index contributed by atoms with van der Waals surface area (Å²) < 4.78 is 6.01. The van der Waals surface area contributed by atoms with Crippen molar-refractivity contribution in [2.24, 2.45) is 0 Å². The van der Waals surface area contributed by atoms with Crippen LogP contribution in [0.4, 0.5) is 11.8 Å². The average Bonchev–Trinajstić information content (AvgIpc) is 2.31. The molecule has 0 spiro atoms. The molecule has 0 fully saturated rings. The van der Waals surface area contributed by atoms with E-state index in [9.17, 15) is 0 Å². The summed E-state index contributed by atoms with van der Waals surface area (Å²) in [6, 6.07) is 0.348. The molecular weight excluding hydrogens is 284 g/mol. The van der Waals surface area contributed by atoms with Crippen molar-refractivity contribution in [3.05, 3.63) is 10.7 Å². The quantitative estimate of drug-likeness (QED) is 0.872. The number of ether oxygens (including phenoxy) is 1. The Bertz CT molecular complexity index is 359. The number of halogens is 1. The maximum absolute atomic E-state index is 5.12. The zero-order chi connectivity index (χ0) is 12.8. The predicted molar refractivity (Wildman–Crippen MR) is 73.6 cm³/mol. The molecule has 96 valence electrons. The Morgan fingerprint density at radius 2 is 2.24 bits per heavy atom. The van der Waals surface area contributed by atoms with Crippen LogP contribution >= 0.6 is 15.9 Å². The van der Waals surface area contributed by atoms with Gasteiger partial charge in [0.05, 0.1) is 11.1 Å². The average molecular weight is 303 g/mol. The van der Waals surface area contributed by atoms with Crippen molar-refractivity contribution < 1.29 is 4.74 Å². The van der Waals surface area contributed by atoms with Crippen LogP contribution in [-0.4, -0.2) is 43.3 Å². The third kappa shape index (κ3) is 3.81. The molecule has 0 radical (unpaired) electrons. The molecule has 5 nitrogen and oxygen atoms in total. The summed E-state index contributed by atoms with van der Waals surface area (Å²) in [6.45, 7) is 5.73. The normalized spacial score (nSPS) is 10.7. The summed E-state index contributed by atoms with van der Waals surface area (Å²) in [7, 11) is 3.51. The van der Waals surface area contributed by atoms with Gasteiger partial charge in [0.15, 0.2) is 0 Å². The van der Waals surface area contributed by atoms with E-state index in [0.29, 0.717) is 18.6 Å². The molecule has 1 aromatic rings. The van der Waals surface area contributed by atoms with Crippen molar-refractivity contribution in [2.75, 3.05) is 37.5 Å². The van der Waals surface area contributed by atoms with Crippen LogP contribution < -0.4 is 10.2 Å². The van der Waals surface area contributed by atoms with Gasteiger partial charge >= 0.3 is 0 Å². The summed E-state index contributed by atoms with van der Waals surface area (Å²) in [5.74, 6) is 1.50. The lowest BCUT2D eigenvalue weighted by Crippen LogP contribution is -2.35. The maximum Gasteiger partial charge on any atom is 0.224 e. The fourth-order valence-corrected chi connectivity index (χ4v) is 1.90. The highest BCUT2D eigenvalue weighted by Crippen LogP contribution is 2.25. The first kappa shape index (κ1) is 14.2. The largest absolute Gasteiger partial charge is 0.383 e. The van der Waals surface area contributed by atoms with Crippen molar-refractivity contribution in [3.63, 3.8) is 0 Å². The lowest BCUT2D eigenvalue weighted by Gasteiger charge is -2.28. The lowest BCUT2D eigenvalue weighted by atomic mass is 10.3. The molecule has 0 bridgehead atoms. The molecule has 1 aromatic heterocycles. The molecule has 0 aromatic carbocycles. The Kier molecular flexibility index (Phi) is 5.64. The molecule has 6 heteroatoms. The lowest BCUT2D eigenvalue weighted by molar-refractivity contribution is 0.203. The number of methoxy groups -OCH3 is 1. The first-order valence-corrected chi connectivity index (χ1v) is 6.35. The van der Waals surface area contributed by atoms with Crippen molar-refractivity contribution in [1.29, 1.82) is 0 Å². The molecule has 0 atom stereocenters. The van der Waals surface area contributed by atoms with Gasteiger partial charge < -0.3 is 15.0 Å². The molecule has 0 aliphatic carbocycles. The molecule has 1 N–H and O–H groups in total. The van der Waals surface area contributed by atoms with Crippen molar-refractivity contribution in [3.8, 4) is 0 Å². The van der Waals surface area contributed by atoms with Crippen LogP contribution in [-0.2, 0) is 4.74 Å². The van der Waals surface area contributed by atoms with Crippen LogP contribution in [0.25, 0.3) is 0 Å². The number of aromatic nitrogens is 2. The predicted octanol–water partition coefficient (Wildman–Crippen LogP) is 2.14.